The van der Waals surface area contributed by atoms with Crippen LogP contribution in [0, 0.1) is 56.7 Å². The Kier molecular flexibility index (Phi) is 17.0. The Morgan fingerprint density at radius 1 is 0.742 bits per heavy atom. The van der Waals surface area contributed by atoms with Gasteiger partial charge in [0.05, 0.1) is 39.8 Å². The lowest BCUT2D eigenvalue weighted by molar-refractivity contribution is -0.224. The van der Waals surface area contributed by atoms with Gasteiger partial charge in [0.15, 0.2) is 6.29 Å². The molecule has 12 heteroatoms. The molecule has 8 aliphatic carbocycles. The number of rotatable bonds is 14. The van der Waals surface area contributed by atoms with Crippen LogP contribution in [-0.4, -0.2) is 78.9 Å². The molecule has 0 amide bonds. The summed E-state index contributed by atoms with van der Waals surface area (Å²) >= 11 is 0. The molecule has 62 heavy (non-hydrogen) atoms. The van der Waals surface area contributed by atoms with Crippen LogP contribution in [0.2, 0.25) is 0 Å². The molecule has 11 unspecified atom stereocenters. The molecule has 12 nitrogen and oxygen atoms in total. The van der Waals surface area contributed by atoms with Gasteiger partial charge in [-0.2, -0.15) is 0 Å². The number of ether oxygens (including phenoxy) is 6. The zero-order valence-corrected chi connectivity index (χ0v) is 34.4. The number of cyclic esters (lactones) is 1. The third-order valence-electron chi connectivity index (χ3n) is 16.3. The first-order valence-corrected chi connectivity index (χ1v) is 21.5. The molecule has 11 atom stereocenters. The van der Waals surface area contributed by atoms with Gasteiger partial charge in [0.1, 0.15) is 17.8 Å². The topological polar surface area (TPSA) is 161 Å². The molecular weight excluding hydrogens is 793 g/mol. The SMILES string of the molecule is C.C.C.C.C.C.CCC(C)(CC(C)(CC(C)(C)C(=O)OC12CC3CC(C1)CC(C(=O)O)(C3)C2)C(=O)OC12CC3CC(C1)C1COC(=O)C1(C3)C2)C(=O)OCC1CCCC(OC)O1. The summed E-state index contributed by atoms with van der Waals surface area (Å²) in [7, 11) is 1.60. The lowest BCUT2D eigenvalue weighted by Gasteiger charge is -2.61. The number of methoxy groups -OCH3 is 1. The van der Waals surface area contributed by atoms with Crippen molar-refractivity contribution in [2.45, 2.75) is 212 Å². The maximum atomic E-state index is 15.1. The van der Waals surface area contributed by atoms with Crippen LogP contribution in [0.15, 0.2) is 0 Å². The van der Waals surface area contributed by atoms with Crippen LogP contribution in [0.3, 0.4) is 0 Å². The van der Waals surface area contributed by atoms with E-state index in [1.54, 1.807) is 27.9 Å². The van der Waals surface area contributed by atoms with E-state index in [-0.39, 0.29) is 112 Å². The molecule has 360 valence electrons. The van der Waals surface area contributed by atoms with Gasteiger partial charge in [0.2, 0.25) is 0 Å². The molecule has 8 saturated carbocycles. The van der Waals surface area contributed by atoms with E-state index in [4.69, 9.17) is 28.4 Å². The van der Waals surface area contributed by atoms with E-state index >= 15 is 4.79 Å². The van der Waals surface area contributed by atoms with E-state index in [9.17, 15) is 24.3 Å². The standard InChI is InChI=1S/C44H64O12.6CH4/c1-7-39(4,35(48)52-20-30-9-8-10-32(51-6)54-30)23-40(5,36(49)56-43-17-28-12-29(19-43)31-21-53-37(50)44(31,18-28)25-43)22-38(2,3)34(47)55-42-15-26-11-27(16-42)14-41(13-26,24-42)33(45)46;;;;;;/h26-32H,7-25H2,1-6H3,(H,45,46);6*1H4. The summed E-state index contributed by atoms with van der Waals surface area (Å²) in [5.41, 5.74) is -6.81. The highest BCUT2D eigenvalue weighted by Gasteiger charge is 2.70. The zero-order chi connectivity index (χ0) is 40.1. The summed E-state index contributed by atoms with van der Waals surface area (Å²) in [5, 5.41) is 10.3. The smallest absolute Gasteiger partial charge is 0.312 e. The van der Waals surface area contributed by atoms with Gasteiger partial charge in [0, 0.05) is 25.9 Å². The molecule has 10 rings (SSSR count). The van der Waals surface area contributed by atoms with Gasteiger partial charge in [-0.25, -0.2) is 0 Å². The monoisotopic (exact) mass is 881 g/mol. The molecule has 1 N–H and O–H groups in total. The first kappa shape index (κ1) is 55.4. The second kappa shape index (κ2) is 19.0. The predicted molar refractivity (Wildman–Crippen MR) is 240 cm³/mol. The minimum Gasteiger partial charge on any atom is -0.481 e. The van der Waals surface area contributed by atoms with Crippen LogP contribution in [0.4, 0.5) is 0 Å². The van der Waals surface area contributed by atoms with Crippen LogP contribution in [-0.2, 0) is 52.4 Å². The first-order chi connectivity index (χ1) is 26.3. The van der Waals surface area contributed by atoms with E-state index in [1.165, 1.54) is 0 Å². The molecule has 2 aliphatic heterocycles. The van der Waals surface area contributed by atoms with Crippen molar-refractivity contribution in [2.24, 2.45) is 56.7 Å². The summed E-state index contributed by atoms with van der Waals surface area (Å²) in [6.45, 7) is 9.58. The summed E-state index contributed by atoms with van der Waals surface area (Å²) < 4.78 is 36.2. The number of hydrogen-bond donors (Lipinski definition) is 1. The van der Waals surface area contributed by atoms with Gasteiger partial charge in [-0.3, -0.25) is 24.0 Å². The highest BCUT2D eigenvalue weighted by molar-refractivity contribution is 5.84. The molecular formula is C50H88O12. The number of carbonyl (C=O) groups is 5. The number of aliphatic carboxylic acids is 1. The van der Waals surface area contributed by atoms with E-state index < -0.39 is 62.2 Å². The fraction of sp³-hybridized carbons (Fsp3) is 0.900. The van der Waals surface area contributed by atoms with Crippen molar-refractivity contribution in [1.82, 2.24) is 0 Å². The minimum absolute atomic E-state index is 0. The third-order valence-corrected chi connectivity index (χ3v) is 16.3. The molecule has 0 aromatic rings. The maximum Gasteiger partial charge on any atom is 0.312 e. The van der Waals surface area contributed by atoms with Crippen molar-refractivity contribution >= 4 is 29.8 Å². The minimum atomic E-state index is -1.34. The van der Waals surface area contributed by atoms with Gasteiger partial charge in [0.25, 0.3) is 0 Å². The Morgan fingerprint density at radius 2 is 1.34 bits per heavy atom. The van der Waals surface area contributed by atoms with Crippen molar-refractivity contribution in [3.8, 4) is 0 Å². The van der Waals surface area contributed by atoms with Crippen LogP contribution in [0.1, 0.15) is 188 Å². The highest BCUT2D eigenvalue weighted by Crippen LogP contribution is 2.68. The molecule has 10 aliphatic rings. The third kappa shape index (κ3) is 9.35. The average Bonchev–Trinajstić information content (AvgIpc) is 3.43. The van der Waals surface area contributed by atoms with Gasteiger partial charge >= 0.3 is 29.8 Å². The summed E-state index contributed by atoms with van der Waals surface area (Å²) in [6, 6.07) is 0. The van der Waals surface area contributed by atoms with Gasteiger partial charge in [-0.05, 0) is 148 Å². The fourth-order valence-electron chi connectivity index (χ4n) is 14.4. The molecule has 10 fully saturated rings. The van der Waals surface area contributed by atoms with Gasteiger partial charge in [-0.15, -0.1) is 0 Å². The summed E-state index contributed by atoms with van der Waals surface area (Å²) in [6.07, 6.45) is 9.67. The van der Waals surface area contributed by atoms with Crippen molar-refractivity contribution < 1.29 is 57.5 Å². The normalized spacial score (nSPS) is 38.5. The number of hydrogen-bond acceptors (Lipinski definition) is 11. The Bertz CT molecular complexity index is 1630. The fourth-order valence-corrected chi connectivity index (χ4v) is 14.4. The molecule has 1 spiro atoms. The van der Waals surface area contributed by atoms with E-state index in [0.29, 0.717) is 64.4 Å². The highest BCUT2D eigenvalue weighted by atomic mass is 16.7. The van der Waals surface area contributed by atoms with Gasteiger partial charge < -0.3 is 33.5 Å². The number of esters is 4. The molecule has 0 aromatic carbocycles. The second-order valence-corrected chi connectivity index (χ2v) is 21.4. The Balaban J connectivity index is 0.00000220. The summed E-state index contributed by atoms with van der Waals surface area (Å²) in [4.78, 5) is 69.6. The Morgan fingerprint density at radius 3 is 1.94 bits per heavy atom. The largest absolute Gasteiger partial charge is 0.481 e. The van der Waals surface area contributed by atoms with E-state index in [0.717, 1.165) is 38.5 Å². The molecule has 8 bridgehead atoms. The van der Waals surface area contributed by atoms with Crippen molar-refractivity contribution in [1.29, 1.82) is 0 Å². The quantitative estimate of drug-likeness (QED) is 0.130. The lowest BCUT2D eigenvalue weighted by atomic mass is 9.44. The van der Waals surface area contributed by atoms with Crippen LogP contribution in [0.5, 0.6) is 0 Å². The van der Waals surface area contributed by atoms with Crippen LogP contribution >= 0.6 is 0 Å². The molecule has 0 radical (unpaired) electrons. The maximum absolute atomic E-state index is 15.1. The average molecular weight is 881 g/mol. The Hall–Kier alpha value is -2.73. The van der Waals surface area contributed by atoms with Crippen LogP contribution < -0.4 is 0 Å². The zero-order valence-electron chi connectivity index (χ0n) is 34.4. The summed E-state index contributed by atoms with van der Waals surface area (Å²) in [5.74, 6) is -1.31. The second-order valence-electron chi connectivity index (χ2n) is 21.4. The number of carboxylic acid groups (broad SMARTS) is 1. The predicted octanol–water partition coefficient (Wildman–Crippen LogP) is 10.7. The molecule has 2 saturated heterocycles. The van der Waals surface area contributed by atoms with Crippen LogP contribution in [0.25, 0.3) is 0 Å². The number of carboxylic acids is 1. The molecule has 0 aromatic heterocycles. The van der Waals surface area contributed by atoms with Gasteiger partial charge in [-0.1, -0.05) is 51.5 Å². The van der Waals surface area contributed by atoms with E-state index in [2.05, 4.69) is 0 Å². The molecule has 2 heterocycles. The number of carbonyl (C=O) groups excluding carboxylic acids is 4. The first-order valence-electron chi connectivity index (χ1n) is 21.5. The van der Waals surface area contributed by atoms with Crippen molar-refractivity contribution in [3.05, 3.63) is 0 Å². The van der Waals surface area contributed by atoms with Crippen molar-refractivity contribution in [2.75, 3.05) is 20.3 Å². The van der Waals surface area contributed by atoms with Crippen molar-refractivity contribution in [3.63, 3.8) is 0 Å². The van der Waals surface area contributed by atoms with E-state index in [1.807, 2.05) is 13.8 Å². The lowest BCUT2D eigenvalue weighted by Crippen LogP contribution is -2.63. The Labute approximate surface area is 375 Å².